The first-order valence-corrected chi connectivity index (χ1v) is 11.9. The number of nitrogens with two attached hydrogens (primary N) is 1. The molecule has 36 heavy (non-hydrogen) atoms. The molecule has 3 aromatic rings. The normalized spacial score (nSPS) is 16.8. The van der Waals surface area contributed by atoms with Crippen molar-refractivity contribution >= 4 is 46.4 Å². The second-order valence-electron chi connectivity index (χ2n) is 8.51. The molecular weight excluding hydrogens is 482 g/mol. The molecule has 0 unspecified atom stereocenters. The number of nitriles is 2. The number of carbonyl (C=O) groups excluding carboxylic acids is 1. The van der Waals surface area contributed by atoms with Crippen LogP contribution in [0.5, 0.6) is 0 Å². The number of anilines is 4. The molecule has 13 heteroatoms. The van der Waals surface area contributed by atoms with Gasteiger partial charge < -0.3 is 21.3 Å². The maximum atomic E-state index is 11.7. The molecule has 0 spiro atoms. The topological polar surface area (TPSA) is 164 Å². The van der Waals surface area contributed by atoms with Crippen LogP contribution in [-0.4, -0.2) is 68.7 Å². The van der Waals surface area contributed by atoms with Crippen molar-refractivity contribution in [3.05, 3.63) is 34.5 Å². The van der Waals surface area contributed by atoms with Gasteiger partial charge in [0.2, 0.25) is 17.8 Å². The highest BCUT2D eigenvalue weighted by atomic mass is 35.5. The first-order valence-electron chi connectivity index (χ1n) is 11.5. The Hall–Kier alpha value is -4.13. The number of amides is 1. The summed E-state index contributed by atoms with van der Waals surface area (Å²) >= 11 is 6.83. The lowest BCUT2D eigenvalue weighted by Gasteiger charge is -2.43. The Balaban J connectivity index is 1.69. The van der Waals surface area contributed by atoms with Crippen molar-refractivity contribution < 1.29 is 4.79 Å². The Morgan fingerprint density at radius 1 is 1.31 bits per heavy atom. The lowest BCUT2D eigenvalue weighted by molar-refractivity contribution is -0.123. The molecule has 1 saturated heterocycles. The Kier molecular flexibility index (Phi) is 7.10. The van der Waals surface area contributed by atoms with Crippen molar-refractivity contribution in [3.8, 4) is 12.1 Å². The van der Waals surface area contributed by atoms with Crippen molar-refractivity contribution in [2.45, 2.75) is 32.9 Å². The molecule has 1 fully saturated rings. The highest BCUT2D eigenvalue weighted by molar-refractivity contribution is 6.36. The number of primary amides is 1. The molecule has 1 aromatic carbocycles. The molecule has 4 N–H and O–H groups in total. The van der Waals surface area contributed by atoms with E-state index in [1.165, 1.54) is 10.7 Å². The van der Waals surface area contributed by atoms with E-state index in [-0.39, 0.29) is 23.9 Å². The molecule has 4 rings (SSSR count). The smallest absolute Gasteiger partial charge is 0.234 e. The van der Waals surface area contributed by atoms with Gasteiger partial charge >= 0.3 is 0 Å². The van der Waals surface area contributed by atoms with Crippen LogP contribution in [-0.2, 0) is 4.79 Å². The third-order valence-electron chi connectivity index (χ3n) is 6.18. The van der Waals surface area contributed by atoms with Crippen LogP contribution >= 0.6 is 11.6 Å². The van der Waals surface area contributed by atoms with E-state index >= 15 is 0 Å². The van der Waals surface area contributed by atoms with Crippen LogP contribution in [0.25, 0.3) is 5.65 Å². The van der Waals surface area contributed by atoms with Crippen molar-refractivity contribution in [2.24, 2.45) is 5.73 Å². The average Bonchev–Trinajstić information content (AvgIpc) is 3.28. The lowest BCUT2D eigenvalue weighted by atomic mass is 10.1. The fourth-order valence-electron chi connectivity index (χ4n) is 4.33. The molecular formula is C23H26ClN11O. The lowest BCUT2D eigenvalue weighted by Crippen LogP contribution is -2.57. The molecule has 3 heterocycles. The second kappa shape index (κ2) is 10.2. The van der Waals surface area contributed by atoms with Gasteiger partial charge in [-0.3, -0.25) is 9.69 Å². The van der Waals surface area contributed by atoms with Crippen LogP contribution in [0.4, 0.5) is 23.3 Å². The predicted molar refractivity (Wildman–Crippen MR) is 136 cm³/mol. The number of hydrogen-bond acceptors (Lipinski definition) is 10. The van der Waals surface area contributed by atoms with Gasteiger partial charge in [0.15, 0.2) is 5.65 Å². The summed E-state index contributed by atoms with van der Waals surface area (Å²) < 4.78 is 1.46. The van der Waals surface area contributed by atoms with E-state index in [2.05, 4.69) is 47.6 Å². The number of carbonyl (C=O) groups is 1. The molecule has 1 aliphatic rings. The van der Waals surface area contributed by atoms with Gasteiger partial charge in [-0.1, -0.05) is 11.6 Å². The molecule has 0 saturated carbocycles. The summed E-state index contributed by atoms with van der Waals surface area (Å²) in [4.78, 5) is 24.8. The SMILES string of the molecule is CCNc1nc(Nc2cc(C#N)cc(N3CCN([C@H](C)C(N)=O)[C@@H](C)C3)c2Cl)nc2c(C#N)cnn12. The predicted octanol–water partition coefficient (Wildman–Crippen LogP) is 2.08. The molecule has 1 aliphatic heterocycles. The molecule has 1 amide bonds. The van der Waals surface area contributed by atoms with Crippen LogP contribution in [0.1, 0.15) is 31.9 Å². The fraction of sp³-hybridized carbons (Fsp3) is 0.391. The zero-order valence-corrected chi connectivity index (χ0v) is 20.9. The summed E-state index contributed by atoms with van der Waals surface area (Å²) in [6.45, 7) is 8.14. The third-order valence-corrected chi connectivity index (χ3v) is 6.58. The summed E-state index contributed by atoms with van der Waals surface area (Å²) in [5.41, 5.74) is 7.70. The number of aromatic nitrogens is 4. The summed E-state index contributed by atoms with van der Waals surface area (Å²) in [7, 11) is 0. The fourth-order valence-corrected chi connectivity index (χ4v) is 4.61. The molecule has 0 aliphatic carbocycles. The molecule has 2 aromatic heterocycles. The molecule has 12 nitrogen and oxygen atoms in total. The van der Waals surface area contributed by atoms with Gasteiger partial charge in [0.1, 0.15) is 11.6 Å². The number of piperazine rings is 1. The zero-order valence-electron chi connectivity index (χ0n) is 20.2. The Labute approximate surface area is 213 Å². The van der Waals surface area contributed by atoms with Crippen molar-refractivity contribution in [1.82, 2.24) is 24.5 Å². The van der Waals surface area contributed by atoms with E-state index < -0.39 is 0 Å². The van der Waals surface area contributed by atoms with Gasteiger partial charge in [-0.15, -0.1) is 0 Å². The second-order valence-corrected chi connectivity index (χ2v) is 8.89. The van der Waals surface area contributed by atoms with Gasteiger partial charge in [0.05, 0.1) is 40.3 Å². The van der Waals surface area contributed by atoms with Gasteiger partial charge in [-0.2, -0.15) is 30.1 Å². The minimum atomic E-state index is -0.375. The van der Waals surface area contributed by atoms with E-state index in [1.807, 2.05) is 13.8 Å². The monoisotopic (exact) mass is 507 g/mol. The van der Waals surface area contributed by atoms with Crippen LogP contribution in [0.2, 0.25) is 5.02 Å². The largest absolute Gasteiger partial charge is 0.368 e. The number of halogens is 1. The van der Waals surface area contributed by atoms with Gasteiger partial charge in [0, 0.05) is 32.2 Å². The van der Waals surface area contributed by atoms with Crippen LogP contribution < -0.4 is 21.3 Å². The number of fused-ring (bicyclic) bond motifs is 1. The van der Waals surface area contributed by atoms with Gasteiger partial charge in [0.25, 0.3) is 0 Å². The average molecular weight is 508 g/mol. The quantitative estimate of drug-likeness (QED) is 0.431. The highest BCUT2D eigenvalue weighted by Gasteiger charge is 2.31. The van der Waals surface area contributed by atoms with E-state index in [9.17, 15) is 15.3 Å². The number of benzene rings is 1. The maximum absolute atomic E-state index is 11.7. The van der Waals surface area contributed by atoms with E-state index in [1.54, 1.807) is 19.1 Å². The number of nitrogens with one attached hydrogen (secondary N) is 2. The van der Waals surface area contributed by atoms with E-state index in [4.69, 9.17) is 17.3 Å². The Morgan fingerprint density at radius 3 is 2.72 bits per heavy atom. The van der Waals surface area contributed by atoms with Crippen LogP contribution in [0.3, 0.4) is 0 Å². The van der Waals surface area contributed by atoms with E-state index in [0.717, 1.165) is 0 Å². The molecule has 2 atom stereocenters. The third kappa shape index (κ3) is 4.69. The van der Waals surface area contributed by atoms with Crippen LogP contribution in [0, 0.1) is 22.7 Å². The summed E-state index contributed by atoms with van der Waals surface area (Å²) in [6, 6.07) is 7.29. The van der Waals surface area contributed by atoms with E-state index in [0.29, 0.717) is 65.3 Å². The van der Waals surface area contributed by atoms with Crippen molar-refractivity contribution in [1.29, 1.82) is 10.5 Å². The highest BCUT2D eigenvalue weighted by Crippen LogP contribution is 2.37. The summed E-state index contributed by atoms with van der Waals surface area (Å²) in [6.07, 6.45) is 1.43. The Bertz CT molecular complexity index is 1390. The minimum absolute atomic E-state index is 0.0409. The Morgan fingerprint density at radius 2 is 2.08 bits per heavy atom. The van der Waals surface area contributed by atoms with Gasteiger partial charge in [-0.05, 0) is 32.9 Å². The van der Waals surface area contributed by atoms with Crippen molar-refractivity contribution in [2.75, 3.05) is 41.7 Å². The number of nitrogens with zero attached hydrogens (tertiary/aromatic N) is 8. The molecule has 186 valence electrons. The van der Waals surface area contributed by atoms with Crippen molar-refractivity contribution in [3.63, 3.8) is 0 Å². The molecule has 0 bridgehead atoms. The molecule has 0 radical (unpaired) electrons. The summed E-state index contributed by atoms with van der Waals surface area (Å²) in [5, 5.41) is 29.9. The first-order chi connectivity index (χ1) is 17.3. The van der Waals surface area contributed by atoms with Gasteiger partial charge in [-0.25, -0.2) is 0 Å². The zero-order chi connectivity index (χ0) is 26.0. The first kappa shape index (κ1) is 25.0. The number of rotatable bonds is 7. The number of hydrogen-bond donors (Lipinski definition) is 3. The summed E-state index contributed by atoms with van der Waals surface area (Å²) in [5.74, 6) is 0.248. The standard InChI is InChI=1S/C23H26ClN11O/c1-4-28-23-32-22(31-21-16(10-26)11-29-35(21)23)30-17-7-15(9-25)8-18(19(17)24)33-5-6-34(13(2)12-33)14(3)20(27)36/h7-8,11,13-14H,4-6,12H2,1-3H3,(H2,27,36)(H2,28,30,31,32)/t13-,14+/m0/s1. The minimum Gasteiger partial charge on any atom is -0.368 e. The maximum Gasteiger partial charge on any atom is 0.234 e. The van der Waals surface area contributed by atoms with Crippen LogP contribution in [0.15, 0.2) is 18.3 Å².